The Balaban J connectivity index is 3.27. The molecule has 0 fully saturated rings. The standard InChI is InChI=1S/C10H22N2O2/c1-8(2)6-12-10(14)4-5-11-7-9(3)13/h8-9,11,13H,4-7H2,1-3H3,(H,12,14). The Morgan fingerprint density at radius 3 is 2.43 bits per heavy atom. The van der Waals surface area contributed by atoms with Gasteiger partial charge in [-0.25, -0.2) is 0 Å². The van der Waals surface area contributed by atoms with Crippen LogP contribution in [0.3, 0.4) is 0 Å². The molecule has 0 saturated carbocycles. The maximum absolute atomic E-state index is 11.2. The zero-order valence-electron chi connectivity index (χ0n) is 9.34. The van der Waals surface area contributed by atoms with E-state index in [2.05, 4.69) is 24.5 Å². The minimum absolute atomic E-state index is 0.0665. The summed E-state index contributed by atoms with van der Waals surface area (Å²) in [6.07, 6.45) is 0.119. The SMILES string of the molecule is CC(C)CNC(=O)CCNCC(C)O. The smallest absolute Gasteiger partial charge is 0.221 e. The highest BCUT2D eigenvalue weighted by Gasteiger charge is 2.01. The summed E-state index contributed by atoms with van der Waals surface area (Å²) in [4.78, 5) is 11.2. The molecule has 14 heavy (non-hydrogen) atoms. The van der Waals surface area contributed by atoms with Crippen LogP contribution < -0.4 is 10.6 Å². The Morgan fingerprint density at radius 1 is 1.29 bits per heavy atom. The molecule has 1 atom stereocenters. The molecule has 1 unspecified atom stereocenters. The highest BCUT2D eigenvalue weighted by Crippen LogP contribution is 1.88. The summed E-state index contributed by atoms with van der Waals surface area (Å²) < 4.78 is 0. The lowest BCUT2D eigenvalue weighted by Gasteiger charge is -2.08. The van der Waals surface area contributed by atoms with E-state index in [9.17, 15) is 4.79 Å². The molecule has 0 rings (SSSR count). The molecule has 4 heteroatoms. The second-order valence-electron chi connectivity index (χ2n) is 4.00. The Labute approximate surface area is 86.1 Å². The van der Waals surface area contributed by atoms with E-state index in [0.29, 0.717) is 25.4 Å². The van der Waals surface area contributed by atoms with Crippen molar-refractivity contribution in [1.29, 1.82) is 0 Å². The third-order valence-corrected chi connectivity index (χ3v) is 1.68. The summed E-state index contributed by atoms with van der Waals surface area (Å²) >= 11 is 0. The van der Waals surface area contributed by atoms with Crippen molar-refractivity contribution in [1.82, 2.24) is 10.6 Å². The number of hydrogen-bond acceptors (Lipinski definition) is 3. The van der Waals surface area contributed by atoms with Crippen molar-refractivity contribution >= 4 is 5.91 Å². The van der Waals surface area contributed by atoms with Crippen molar-refractivity contribution in [2.24, 2.45) is 5.92 Å². The zero-order chi connectivity index (χ0) is 11.0. The van der Waals surface area contributed by atoms with Gasteiger partial charge in [0.05, 0.1) is 6.10 Å². The van der Waals surface area contributed by atoms with Crippen LogP contribution in [0.4, 0.5) is 0 Å². The van der Waals surface area contributed by atoms with Crippen LogP contribution in [-0.2, 0) is 4.79 Å². The lowest BCUT2D eigenvalue weighted by Crippen LogP contribution is -2.32. The quantitative estimate of drug-likeness (QED) is 0.514. The minimum atomic E-state index is -0.353. The number of aliphatic hydroxyl groups is 1. The first-order chi connectivity index (χ1) is 6.52. The van der Waals surface area contributed by atoms with Gasteiger partial charge in [-0.3, -0.25) is 4.79 Å². The minimum Gasteiger partial charge on any atom is -0.392 e. The predicted molar refractivity (Wildman–Crippen MR) is 57.0 cm³/mol. The summed E-state index contributed by atoms with van der Waals surface area (Å²) in [6.45, 7) is 7.73. The molecular weight excluding hydrogens is 180 g/mol. The van der Waals surface area contributed by atoms with Gasteiger partial charge in [-0.2, -0.15) is 0 Å². The molecule has 0 bridgehead atoms. The number of rotatable bonds is 7. The van der Waals surface area contributed by atoms with E-state index in [1.807, 2.05) is 0 Å². The fourth-order valence-electron chi connectivity index (χ4n) is 0.919. The van der Waals surface area contributed by atoms with Crippen LogP contribution in [0.15, 0.2) is 0 Å². The fraction of sp³-hybridized carbons (Fsp3) is 0.900. The van der Waals surface area contributed by atoms with Crippen molar-refractivity contribution in [2.75, 3.05) is 19.6 Å². The second-order valence-corrected chi connectivity index (χ2v) is 4.00. The first kappa shape index (κ1) is 13.4. The first-order valence-corrected chi connectivity index (χ1v) is 5.18. The summed E-state index contributed by atoms with van der Waals surface area (Å²) in [5.41, 5.74) is 0. The Morgan fingerprint density at radius 2 is 1.93 bits per heavy atom. The van der Waals surface area contributed by atoms with E-state index in [1.165, 1.54) is 0 Å². The van der Waals surface area contributed by atoms with E-state index in [-0.39, 0.29) is 12.0 Å². The van der Waals surface area contributed by atoms with Crippen molar-refractivity contribution in [2.45, 2.75) is 33.3 Å². The van der Waals surface area contributed by atoms with Crippen LogP contribution in [0, 0.1) is 5.92 Å². The molecule has 0 aliphatic rings. The summed E-state index contributed by atoms with van der Waals surface area (Å²) in [7, 11) is 0. The van der Waals surface area contributed by atoms with Gasteiger partial charge >= 0.3 is 0 Å². The molecule has 0 aliphatic heterocycles. The van der Waals surface area contributed by atoms with Gasteiger partial charge in [0.25, 0.3) is 0 Å². The monoisotopic (exact) mass is 202 g/mol. The molecule has 4 nitrogen and oxygen atoms in total. The number of amides is 1. The number of nitrogens with one attached hydrogen (secondary N) is 2. The predicted octanol–water partition coefficient (Wildman–Crippen LogP) is 0.119. The van der Waals surface area contributed by atoms with E-state index in [0.717, 1.165) is 6.54 Å². The van der Waals surface area contributed by atoms with Crippen LogP contribution in [0.2, 0.25) is 0 Å². The van der Waals surface area contributed by atoms with Crippen LogP contribution in [0.25, 0.3) is 0 Å². The molecule has 84 valence electrons. The molecule has 0 aromatic heterocycles. The molecule has 0 heterocycles. The van der Waals surface area contributed by atoms with Crippen LogP contribution in [0.1, 0.15) is 27.2 Å². The molecule has 0 spiro atoms. The Hall–Kier alpha value is -0.610. The molecule has 1 amide bonds. The van der Waals surface area contributed by atoms with Crippen molar-refractivity contribution < 1.29 is 9.90 Å². The van der Waals surface area contributed by atoms with Gasteiger partial charge in [-0.15, -0.1) is 0 Å². The maximum atomic E-state index is 11.2. The van der Waals surface area contributed by atoms with Crippen LogP contribution >= 0.6 is 0 Å². The third kappa shape index (κ3) is 9.48. The fourth-order valence-corrected chi connectivity index (χ4v) is 0.919. The van der Waals surface area contributed by atoms with Gasteiger partial charge < -0.3 is 15.7 Å². The average molecular weight is 202 g/mol. The first-order valence-electron chi connectivity index (χ1n) is 5.18. The van der Waals surface area contributed by atoms with Crippen molar-refractivity contribution in [3.8, 4) is 0 Å². The van der Waals surface area contributed by atoms with Gasteiger partial charge in [0.1, 0.15) is 0 Å². The molecule has 0 saturated heterocycles. The number of carbonyl (C=O) groups is 1. The van der Waals surface area contributed by atoms with E-state index in [4.69, 9.17) is 5.11 Å². The Kier molecular flexibility index (Phi) is 7.42. The average Bonchev–Trinajstić information content (AvgIpc) is 2.08. The highest BCUT2D eigenvalue weighted by molar-refractivity contribution is 5.76. The summed E-state index contributed by atoms with van der Waals surface area (Å²) in [5, 5.41) is 14.8. The van der Waals surface area contributed by atoms with Crippen LogP contribution in [0.5, 0.6) is 0 Å². The molecule has 0 radical (unpaired) electrons. The molecule has 0 aliphatic carbocycles. The van der Waals surface area contributed by atoms with Gasteiger partial charge in [0.2, 0.25) is 5.91 Å². The van der Waals surface area contributed by atoms with Gasteiger partial charge in [-0.05, 0) is 12.8 Å². The maximum Gasteiger partial charge on any atom is 0.221 e. The van der Waals surface area contributed by atoms with Crippen LogP contribution in [-0.4, -0.2) is 36.8 Å². The molecule has 3 N–H and O–H groups in total. The lowest BCUT2D eigenvalue weighted by molar-refractivity contribution is -0.121. The largest absolute Gasteiger partial charge is 0.392 e. The zero-order valence-corrected chi connectivity index (χ0v) is 9.34. The van der Waals surface area contributed by atoms with Gasteiger partial charge in [0.15, 0.2) is 0 Å². The van der Waals surface area contributed by atoms with Crippen molar-refractivity contribution in [3.63, 3.8) is 0 Å². The summed E-state index contributed by atoms with van der Waals surface area (Å²) in [5.74, 6) is 0.557. The Bertz CT molecular complexity index is 158. The normalized spacial score (nSPS) is 12.9. The second kappa shape index (κ2) is 7.76. The number of carbonyl (C=O) groups excluding carboxylic acids is 1. The van der Waals surface area contributed by atoms with E-state index < -0.39 is 0 Å². The van der Waals surface area contributed by atoms with E-state index in [1.54, 1.807) is 6.92 Å². The molecule has 0 aromatic rings. The topological polar surface area (TPSA) is 61.4 Å². The molecular formula is C10H22N2O2. The molecule has 0 aromatic carbocycles. The number of aliphatic hydroxyl groups excluding tert-OH is 1. The lowest BCUT2D eigenvalue weighted by atomic mass is 10.2. The van der Waals surface area contributed by atoms with Crippen molar-refractivity contribution in [3.05, 3.63) is 0 Å². The van der Waals surface area contributed by atoms with Gasteiger partial charge in [-0.1, -0.05) is 13.8 Å². The third-order valence-electron chi connectivity index (χ3n) is 1.68. The highest BCUT2D eigenvalue weighted by atomic mass is 16.3. The summed E-state index contributed by atoms with van der Waals surface area (Å²) in [6, 6.07) is 0. The van der Waals surface area contributed by atoms with Gasteiger partial charge in [0, 0.05) is 26.1 Å². The van der Waals surface area contributed by atoms with E-state index >= 15 is 0 Å². The number of hydrogen-bond donors (Lipinski definition) is 3.